The normalized spacial score (nSPS) is 17.6. The van der Waals surface area contributed by atoms with Crippen LogP contribution >= 0.6 is 11.8 Å². The van der Waals surface area contributed by atoms with E-state index in [4.69, 9.17) is 5.26 Å². The van der Waals surface area contributed by atoms with Crippen LogP contribution in [0.5, 0.6) is 0 Å². The van der Waals surface area contributed by atoms with Crippen LogP contribution < -0.4 is 5.32 Å². The molecule has 2 amide bonds. The molecule has 1 aliphatic heterocycles. The van der Waals surface area contributed by atoms with Crippen molar-refractivity contribution in [3.8, 4) is 6.07 Å². The third-order valence-electron chi connectivity index (χ3n) is 4.92. The molecule has 2 aromatic rings. The van der Waals surface area contributed by atoms with Crippen LogP contribution in [0.2, 0.25) is 0 Å². The molecular formula is C20H18F5N5O2S. The highest BCUT2D eigenvalue weighted by molar-refractivity contribution is 7.98. The minimum Gasteiger partial charge on any atom is -0.343 e. The van der Waals surface area contributed by atoms with Gasteiger partial charge in [-0.1, -0.05) is 12.1 Å². The quantitative estimate of drug-likeness (QED) is 0.500. The molecule has 13 heteroatoms. The lowest BCUT2D eigenvalue weighted by atomic mass is 10.2. The smallest absolute Gasteiger partial charge is 0.343 e. The number of carbonyl (C=O) groups excluding carboxylic acids is 2. The molecule has 1 aromatic heterocycles. The molecule has 2 heterocycles. The Morgan fingerprint density at radius 3 is 2.55 bits per heavy atom. The third-order valence-corrected chi connectivity index (χ3v) is 5.66. The van der Waals surface area contributed by atoms with Gasteiger partial charge in [-0.3, -0.25) is 14.3 Å². The van der Waals surface area contributed by atoms with Crippen LogP contribution in [0.3, 0.4) is 0 Å². The van der Waals surface area contributed by atoms with Crippen molar-refractivity contribution < 1.29 is 31.5 Å². The van der Waals surface area contributed by atoms with Crippen LogP contribution in [0.15, 0.2) is 35.4 Å². The number of thioether (sulfide) groups is 1. The number of alkyl halides is 5. The van der Waals surface area contributed by atoms with Crippen molar-refractivity contribution in [1.82, 2.24) is 20.0 Å². The largest absolute Gasteiger partial charge is 0.435 e. The van der Waals surface area contributed by atoms with Crippen molar-refractivity contribution in [3.63, 3.8) is 0 Å². The molecule has 1 fully saturated rings. The first-order valence-corrected chi connectivity index (χ1v) is 10.8. The Morgan fingerprint density at radius 1 is 1.30 bits per heavy atom. The van der Waals surface area contributed by atoms with Crippen molar-refractivity contribution in [3.05, 3.63) is 47.3 Å². The maximum atomic E-state index is 13.5. The fourth-order valence-electron chi connectivity index (χ4n) is 3.34. The minimum atomic E-state index is -4.94. The summed E-state index contributed by atoms with van der Waals surface area (Å²) in [6.07, 6.45) is -2.99. The summed E-state index contributed by atoms with van der Waals surface area (Å²) in [6, 6.07) is 7.23. The molecule has 7 nitrogen and oxygen atoms in total. The van der Waals surface area contributed by atoms with Crippen molar-refractivity contribution in [2.24, 2.45) is 0 Å². The maximum absolute atomic E-state index is 13.5. The SMILES string of the molecule is CSc1ccc(Cn2cc(C(=O)NCC(=O)N3CC(F)(F)C[C@H]3C#N)c(C(F)(F)F)n2)cc1. The lowest BCUT2D eigenvalue weighted by molar-refractivity contribution is -0.141. The Morgan fingerprint density at radius 2 is 1.97 bits per heavy atom. The number of carbonyl (C=O) groups is 2. The summed E-state index contributed by atoms with van der Waals surface area (Å²) in [5.74, 6) is -5.49. The van der Waals surface area contributed by atoms with Crippen LogP contribution in [0.25, 0.3) is 0 Å². The molecule has 0 radical (unpaired) electrons. The van der Waals surface area contributed by atoms with Gasteiger partial charge in [0, 0.05) is 17.5 Å². The van der Waals surface area contributed by atoms with Crippen molar-refractivity contribution in [1.29, 1.82) is 5.26 Å². The zero-order chi connectivity index (χ0) is 24.4. The van der Waals surface area contributed by atoms with Gasteiger partial charge in [-0.05, 0) is 24.0 Å². The number of rotatable bonds is 6. The van der Waals surface area contributed by atoms with E-state index in [9.17, 15) is 31.5 Å². The monoisotopic (exact) mass is 487 g/mol. The van der Waals surface area contributed by atoms with E-state index >= 15 is 0 Å². The van der Waals surface area contributed by atoms with E-state index in [2.05, 4.69) is 5.10 Å². The third kappa shape index (κ3) is 5.81. The predicted octanol–water partition coefficient (Wildman–Crippen LogP) is 3.16. The highest BCUT2D eigenvalue weighted by Gasteiger charge is 2.47. The molecule has 1 aliphatic rings. The maximum Gasteiger partial charge on any atom is 0.435 e. The van der Waals surface area contributed by atoms with Crippen LogP contribution in [0.4, 0.5) is 22.0 Å². The Bertz CT molecular complexity index is 1080. The van der Waals surface area contributed by atoms with Gasteiger partial charge in [0.2, 0.25) is 5.91 Å². The zero-order valence-electron chi connectivity index (χ0n) is 17.2. The number of nitrogens with zero attached hydrogens (tertiary/aromatic N) is 4. The minimum absolute atomic E-state index is 0.0311. The summed E-state index contributed by atoms with van der Waals surface area (Å²) >= 11 is 1.50. The lowest BCUT2D eigenvalue weighted by Gasteiger charge is -2.19. The molecule has 0 saturated carbocycles. The second kappa shape index (κ2) is 9.38. The number of amides is 2. The van der Waals surface area contributed by atoms with Crippen LogP contribution in [-0.2, 0) is 17.5 Å². The molecular weight excluding hydrogens is 469 g/mol. The summed E-state index contributed by atoms with van der Waals surface area (Å²) in [5, 5.41) is 14.4. The van der Waals surface area contributed by atoms with Gasteiger partial charge in [0.05, 0.1) is 31.3 Å². The van der Waals surface area contributed by atoms with E-state index in [-0.39, 0.29) is 6.54 Å². The van der Waals surface area contributed by atoms with Gasteiger partial charge in [0.1, 0.15) is 6.04 Å². The summed E-state index contributed by atoms with van der Waals surface area (Å²) < 4.78 is 68.2. The Balaban J connectivity index is 1.73. The molecule has 1 N–H and O–H groups in total. The van der Waals surface area contributed by atoms with Crippen molar-refractivity contribution in [2.45, 2.75) is 36.0 Å². The molecule has 1 saturated heterocycles. The number of likely N-dealkylation sites (tertiary alicyclic amines) is 1. The van der Waals surface area contributed by atoms with Gasteiger partial charge in [-0.2, -0.15) is 23.5 Å². The summed E-state index contributed by atoms with van der Waals surface area (Å²) in [7, 11) is 0. The van der Waals surface area contributed by atoms with Crippen LogP contribution in [-0.4, -0.2) is 57.8 Å². The van der Waals surface area contributed by atoms with Gasteiger partial charge in [0.25, 0.3) is 11.8 Å². The Kier molecular flexibility index (Phi) is 6.97. The second-order valence-corrected chi connectivity index (χ2v) is 8.22. The topological polar surface area (TPSA) is 91.0 Å². The van der Waals surface area contributed by atoms with E-state index in [1.54, 1.807) is 30.3 Å². The average Bonchev–Trinajstić information content (AvgIpc) is 3.32. The van der Waals surface area contributed by atoms with E-state index in [0.717, 1.165) is 15.8 Å². The van der Waals surface area contributed by atoms with E-state index in [0.29, 0.717) is 10.5 Å². The number of benzene rings is 1. The summed E-state index contributed by atoms with van der Waals surface area (Å²) in [5.41, 5.74) is -1.58. The van der Waals surface area contributed by atoms with Gasteiger partial charge >= 0.3 is 6.18 Å². The van der Waals surface area contributed by atoms with Crippen molar-refractivity contribution in [2.75, 3.05) is 19.3 Å². The first-order chi connectivity index (χ1) is 15.4. The molecule has 0 spiro atoms. The van der Waals surface area contributed by atoms with Crippen LogP contribution in [0.1, 0.15) is 28.0 Å². The number of halogens is 5. The van der Waals surface area contributed by atoms with Gasteiger partial charge in [0.15, 0.2) is 5.69 Å². The van der Waals surface area contributed by atoms with Gasteiger partial charge in [-0.15, -0.1) is 11.8 Å². The number of hydrogen-bond donors (Lipinski definition) is 1. The molecule has 3 rings (SSSR count). The molecule has 0 unspecified atom stereocenters. The molecule has 0 bridgehead atoms. The Labute approximate surface area is 189 Å². The van der Waals surface area contributed by atoms with E-state index < -0.39 is 60.7 Å². The highest BCUT2D eigenvalue weighted by Crippen LogP contribution is 2.32. The van der Waals surface area contributed by atoms with E-state index in [1.807, 2.05) is 11.6 Å². The lowest BCUT2D eigenvalue weighted by Crippen LogP contribution is -2.43. The van der Waals surface area contributed by atoms with Gasteiger partial charge < -0.3 is 10.2 Å². The first-order valence-electron chi connectivity index (χ1n) is 9.56. The zero-order valence-corrected chi connectivity index (χ0v) is 18.0. The summed E-state index contributed by atoms with van der Waals surface area (Å²) in [6.45, 7) is -1.87. The first kappa shape index (κ1) is 24.5. The number of nitriles is 1. The molecule has 1 aromatic carbocycles. The summed E-state index contributed by atoms with van der Waals surface area (Å²) in [4.78, 5) is 26.2. The molecule has 1 atom stereocenters. The second-order valence-electron chi connectivity index (χ2n) is 7.34. The number of aromatic nitrogens is 2. The van der Waals surface area contributed by atoms with Crippen molar-refractivity contribution >= 4 is 23.6 Å². The highest BCUT2D eigenvalue weighted by atomic mass is 32.2. The van der Waals surface area contributed by atoms with Crippen LogP contribution in [0, 0.1) is 11.3 Å². The fourth-order valence-corrected chi connectivity index (χ4v) is 3.75. The predicted molar refractivity (Wildman–Crippen MR) is 108 cm³/mol. The fraction of sp³-hybridized carbons (Fsp3) is 0.400. The molecule has 33 heavy (non-hydrogen) atoms. The standard InChI is InChI=1S/C20H18F5N5O2S/c1-33-14-4-2-12(3-5-14)9-29-10-15(17(28-29)20(23,24)25)18(32)27-8-16(31)30-11-19(21,22)6-13(30)7-26/h2-5,10,13H,6,8-9,11H2,1H3,(H,27,32)/t13-/m0/s1. The molecule has 176 valence electrons. The molecule has 0 aliphatic carbocycles. The average molecular weight is 487 g/mol. The Hall–Kier alpha value is -3.14. The van der Waals surface area contributed by atoms with Gasteiger partial charge in [-0.25, -0.2) is 8.78 Å². The number of nitrogens with one attached hydrogen (secondary N) is 1. The van der Waals surface area contributed by atoms with E-state index in [1.165, 1.54) is 11.8 Å². The number of hydrogen-bond acceptors (Lipinski definition) is 5.